The van der Waals surface area contributed by atoms with Crippen molar-refractivity contribution in [2.75, 3.05) is 0 Å². The molecule has 0 spiro atoms. The van der Waals surface area contributed by atoms with E-state index in [9.17, 15) is 9.59 Å². The molecule has 0 aliphatic carbocycles. The summed E-state index contributed by atoms with van der Waals surface area (Å²) in [5.74, 6) is 9.47. The Morgan fingerprint density at radius 1 is 0.864 bits per heavy atom. The van der Waals surface area contributed by atoms with Gasteiger partial charge in [-0.15, -0.1) is 4.99 Å². The van der Waals surface area contributed by atoms with E-state index in [4.69, 9.17) is 28.4 Å². The molecule has 0 aromatic carbocycles. The Balaban J connectivity index is 0. The van der Waals surface area contributed by atoms with Gasteiger partial charge in [-0.3, -0.25) is 20.4 Å². The van der Waals surface area contributed by atoms with Crippen LogP contribution >= 0.6 is 0 Å². The number of hydrazine groups is 2. The van der Waals surface area contributed by atoms with Gasteiger partial charge in [0.25, 0.3) is 0 Å². The van der Waals surface area contributed by atoms with E-state index in [0.717, 1.165) is 38.5 Å². The van der Waals surface area contributed by atoms with Crippen LogP contribution in [0.3, 0.4) is 0 Å². The third-order valence-corrected chi connectivity index (χ3v) is 2.56. The highest BCUT2D eigenvalue weighted by atomic mass is 16.2. The molecule has 0 saturated carbocycles. The molecule has 10 nitrogen and oxygen atoms in total. The van der Waals surface area contributed by atoms with Crippen LogP contribution in [0.25, 0.3) is 0 Å². The molecule has 0 aromatic rings. The van der Waals surface area contributed by atoms with E-state index >= 15 is 0 Å². The molecule has 0 saturated heterocycles. The van der Waals surface area contributed by atoms with Crippen LogP contribution in [0.1, 0.15) is 51.4 Å². The Labute approximate surface area is 130 Å². The lowest BCUT2D eigenvalue weighted by Gasteiger charge is -2.01. The highest BCUT2D eigenvalue weighted by Crippen LogP contribution is 2.08. The lowest BCUT2D eigenvalue weighted by atomic mass is 10.1. The molecular formula is C12H26N8O2. The van der Waals surface area contributed by atoms with Gasteiger partial charge >= 0.3 is 0 Å². The number of hydrogen-bond donors (Lipinski definition) is 6. The zero-order chi connectivity index (χ0) is 17.2. The molecule has 0 aliphatic heterocycles. The van der Waals surface area contributed by atoms with Gasteiger partial charge in [0.1, 0.15) is 0 Å². The summed E-state index contributed by atoms with van der Waals surface area (Å²) in [5.41, 5.74) is 13.6. The molecule has 2 amide bonds. The average molecular weight is 314 g/mol. The van der Waals surface area contributed by atoms with Gasteiger partial charge in [0.15, 0.2) is 0 Å². The van der Waals surface area contributed by atoms with E-state index in [1.807, 2.05) is 0 Å². The average Bonchev–Trinajstić information content (AvgIpc) is 2.49. The van der Waals surface area contributed by atoms with Crippen molar-refractivity contribution in [2.24, 2.45) is 28.1 Å². The molecule has 0 radical (unpaired) electrons. The molecule has 0 atom stereocenters. The van der Waals surface area contributed by atoms with Crippen LogP contribution in [0.5, 0.6) is 0 Å². The standard InChI is InChI=1S/C10H22N4O2.C2H4N4/c11-13-9(15)7-5-3-1-2-4-6-8-10(16)14-12;3-1-6-2(4)5/h1-8,11-12H2,(H,13,15)(H,14,16);(H4,4,5,6). The van der Waals surface area contributed by atoms with Crippen LogP contribution in [0.15, 0.2) is 4.99 Å². The van der Waals surface area contributed by atoms with Gasteiger partial charge in [-0.05, 0) is 12.8 Å². The third kappa shape index (κ3) is 19.9. The summed E-state index contributed by atoms with van der Waals surface area (Å²) in [4.78, 5) is 24.4. The highest BCUT2D eigenvalue weighted by molar-refractivity contribution is 5.76. The quantitative estimate of drug-likeness (QED) is 0.0585. The summed E-state index contributed by atoms with van der Waals surface area (Å²) < 4.78 is 0. The molecule has 0 aliphatic rings. The number of rotatable bonds is 9. The Bertz CT molecular complexity index is 352. The van der Waals surface area contributed by atoms with Crippen molar-refractivity contribution in [3.05, 3.63) is 0 Å². The fraction of sp³-hybridized carbons (Fsp3) is 0.667. The molecule has 0 rings (SSSR count). The predicted octanol–water partition coefficient (Wildman–Crippen LogP) is -1.17. The van der Waals surface area contributed by atoms with E-state index in [-0.39, 0.29) is 17.8 Å². The lowest BCUT2D eigenvalue weighted by molar-refractivity contribution is -0.122. The molecule has 10 N–H and O–H groups in total. The number of nitrogens with two attached hydrogens (primary N) is 4. The van der Waals surface area contributed by atoms with Crippen LogP contribution < -0.4 is 34.0 Å². The number of unbranched alkanes of at least 4 members (excludes halogenated alkanes) is 5. The normalized spacial score (nSPS) is 8.77. The Morgan fingerprint density at radius 2 is 1.23 bits per heavy atom. The number of amides is 2. The van der Waals surface area contributed by atoms with Crippen LogP contribution in [-0.4, -0.2) is 17.8 Å². The first-order chi connectivity index (χ1) is 10.5. The van der Waals surface area contributed by atoms with Gasteiger partial charge in [-0.1, -0.05) is 25.7 Å². The number of carbonyl (C=O) groups excluding carboxylic acids is 2. The molecule has 10 heteroatoms. The van der Waals surface area contributed by atoms with Gasteiger partial charge in [0.05, 0.1) is 0 Å². The van der Waals surface area contributed by atoms with Gasteiger partial charge < -0.3 is 11.5 Å². The van der Waals surface area contributed by atoms with Crippen molar-refractivity contribution in [3.63, 3.8) is 0 Å². The van der Waals surface area contributed by atoms with Crippen LogP contribution in [0, 0.1) is 11.5 Å². The van der Waals surface area contributed by atoms with E-state index < -0.39 is 0 Å². The third-order valence-electron chi connectivity index (χ3n) is 2.56. The zero-order valence-electron chi connectivity index (χ0n) is 12.7. The van der Waals surface area contributed by atoms with Gasteiger partial charge in [0, 0.05) is 12.8 Å². The van der Waals surface area contributed by atoms with E-state index in [0.29, 0.717) is 12.8 Å². The smallest absolute Gasteiger partial charge is 0.233 e. The Hall–Kier alpha value is -2.38. The summed E-state index contributed by atoms with van der Waals surface area (Å²) in [6.07, 6.45) is 8.34. The molecule has 0 aromatic heterocycles. The predicted molar refractivity (Wildman–Crippen MR) is 83.0 cm³/mol. The summed E-state index contributed by atoms with van der Waals surface area (Å²) >= 11 is 0. The second kappa shape index (κ2) is 16.7. The number of nitrogens with one attached hydrogen (secondary N) is 2. The van der Waals surface area contributed by atoms with Gasteiger partial charge in [-0.2, -0.15) is 5.26 Å². The number of carbonyl (C=O) groups is 2. The second-order valence-corrected chi connectivity index (χ2v) is 4.39. The summed E-state index contributed by atoms with van der Waals surface area (Å²) in [6, 6.07) is 0. The SMILES string of the molecule is N#CN=C(N)N.NNC(=O)CCCCCCCCC(=O)NN. The van der Waals surface area contributed by atoms with Crippen molar-refractivity contribution in [1.29, 1.82) is 5.26 Å². The summed E-state index contributed by atoms with van der Waals surface area (Å²) in [7, 11) is 0. The molecule has 22 heavy (non-hydrogen) atoms. The van der Waals surface area contributed by atoms with Crippen molar-refractivity contribution in [3.8, 4) is 6.19 Å². The number of nitrogens with zero attached hydrogens (tertiary/aromatic N) is 2. The van der Waals surface area contributed by atoms with Gasteiger partial charge in [-0.25, -0.2) is 11.7 Å². The second-order valence-electron chi connectivity index (χ2n) is 4.39. The fourth-order valence-corrected chi connectivity index (χ4v) is 1.48. The van der Waals surface area contributed by atoms with Gasteiger partial charge in [0.2, 0.25) is 24.0 Å². The number of aliphatic imine (C=N–C) groups is 1. The summed E-state index contributed by atoms with van der Waals surface area (Å²) in [5, 5.41) is 7.64. The topological polar surface area (TPSA) is 198 Å². The minimum Gasteiger partial charge on any atom is -0.369 e. The molecule has 0 bridgehead atoms. The molecule has 0 unspecified atom stereocenters. The monoisotopic (exact) mass is 314 g/mol. The van der Waals surface area contributed by atoms with Crippen LogP contribution in [-0.2, 0) is 9.59 Å². The van der Waals surface area contributed by atoms with Crippen molar-refractivity contribution >= 4 is 17.8 Å². The first kappa shape index (κ1) is 21.9. The maximum atomic E-state index is 10.8. The first-order valence-corrected chi connectivity index (χ1v) is 6.94. The fourth-order valence-electron chi connectivity index (χ4n) is 1.48. The van der Waals surface area contributed by atoms with E-state index in [1.165, 1.54) is 6.19 Å². The van der Waals surface area contributed by atoms with E-state index in [2.05, 4.69) is 15.8 Å². The minimum absolute atomic E-state index is 0.111. The van der Waals surface area contributed by atoms with Crippen molar-refractivity contribution in [1.82, 2.24) is 10.9 Å². The number of guanidine groups is 1. The van der Waals surface area contributed by atoms with Crippen molar-refractivity contribution < 1.29 is 9.59 Å². The van der Waals surface area contributed by atoms with Crippen LogP contribution in [0.2, 0.25) is 0 Å². The largest absolute Gasteiger partial charge is 0.369 e. The Morgan fingerprint density at radius 3 is 1.45 bits per heavy atom. The molecular weight excluding hydrogens is 288 g/mol. The zero-order valence-corrected chi connectivity index (χ0v) is 12.7. The van der Waals surface area contributed by atoms with Crippen LogP contribution in [0.4, 0.5) is 0 Å². The molecule has 0 heterocycles. The van der Waals surface area contributed by atoms with Crippen molar-refractivity contribution in [2.45, 2.75) is 51.4 Å². The number of hydrogen-bond acceptors (Lipinski definition) is 6. The first-order valence-electron chi connectivity index (χ1n) is 6.94. The lowest BCUT2D eigenvalue weighted by Crippen LogP contribution is -2.29. The van der Waals surface area contributed by atoms with E-state index in [1.54, 1.807) is 0 Å². The number of nitriles is 1. The summed E-state index contributed by atoms with van der Waals surface area (Å²) in [6.45, 7) is 0. The minimum atomic E-state index is -0.197. The maximum absolute atomic E-state index is 10.8. The molecule has 126 valence electrons. The highest BCUT2D eigenvalue weighted by Gasteiger charge is 1.99. The maximum Gasteiger partial charge on any atom is 0.233 e. The Kier molecular flexibility index (Phi) is 16.6. The molecule has 0 fully saturated rings.